The number of benzene rings is 2. The van der Waals surface area contributed by atoms with Crippen LogP contribution in [-0.4, -0.2) is 41.8 Å². The maximum absolute atomic E-state index is 12.3. The zero-order valence-electron chi connectivity index (χ0n) is 19.3. The lowest BCUT2D eigenvalue weighted by Crippen LogP contribution is -2.30. The van der Waals surface area contributed by atoms with E-state index >= 15 is 0 Å². The van der Waals surface area contributed by atoms with Gasteiger partial charge in [-0.05, 0) is 41.3 Å². The van der Waals surface area contributed by atoms with E-state index in [1.165, 1.54) is 17.6 Å². The number of aromatic nitrogens is 3. The van der Waals surface area contributed by atoms with Gasteiger partial charge in [0.1, 0.15) is 0 Å². The average Bonchev–Trinajstić information content (AvgIpc) is 3.38. The van der Waals surface area contributed by atoms with Crippen LogP contribution in [-0.2, 0) is 22.8 Å². The van der Waals surface area contributed by atoms with Gasteiger partial charge < -0.3 is 9.88 Å². The Labute approximate surface area is 203 Å². The molecular weight excluding hydrogens is 470 g/mol. The summed E-state index contributed by atoms with van der Waals surface area (Å²) in [5, 5.41) is 6.13. The van der Waals surface area contributed by atoms with Crippen LogP contribution in [0.5, 0.6) is 0 Å². The first-order valence-corrected chi connectivity index (χ1v) is 13.6. The van der Waals surface area contributed by atoms with Gasteiger partial charge in [0.15, 0.2) is 15.0 Å². The van der Waals surface area contributed by atoms with Crippen molar-refractivity contribution >= 4 is 42.6 Å². The molecule has 2 N–H and O–H groups in total. The Bertz CT molecular complexity index is 1420. The predicted octanol–water partition coefficient (Wildman–Crippen LogP) is 4.58. The molecular formula is C24H27N5O3S2. The van der Waals surface area contributed by atoms with E-state index in [1.807, 2.05) is 36.8 Å². The summed E-state index contributed by atoms with van der Waals surface area (Å²) in [4.78, 5) is 21.4. The van der Waals surface area contributed by atoms with Crippen LogP contribution in [0, 0.1) is 5.92 Å². The van der Waals surface area contributed by atoms with Gasteiger partial charge in [-0.25, -0.2) is 23.2 Å². The normalized spacial score (nSPS) is 11.8. The molecule has 34 heavy (non-hydrogen) atoms. The Morgan fingerprint density at radius 2 is 1.94 bits per heavy atom. The summed E-state index contributed by atoms with van der Waals surface area (Å²) in [5.74, 6) is 0.550. The van der Waals surface area contributed by atoms with Crippen molar-refractivity contribution in [3.63, 3.8) is 0 Å². The second-order valence-corrected chi connectivity index (χ2v) is 11.6. The van der Waals surface area contributed by atoms with Crippen molar-refractivity contribution in [2.24, 2.45) is 5.92 Å². The molecule has 0 fully saturated rings. The van der Waals surface area contributed by atoms with Gasteiger partial charge in [-0.2, -0.15) is 0 Å². The van der Waals surface area contributed by atoms with Gasteiger partial charge in [0, 0.05) is 32.0 Å². The van der Waals surface area contributed by atoms with Crippen molar-refractivity contribution in [3.8, 4) is 11.1 Å². The van der Waals surface area contributed by atoms with E-state index in [0.29, 0.717) is 24.0 Å². The number of rotatable bonds is 8. The third-order valence-electron chi connectivity index (χ3n) is 5.13. The Kier molecular flexibility index (Phi) is 6.99. The summed E-state index contributed by atoms with van der Waals surface area (Å²) in [6.45, 7) is 5.70. The molecule has 0 bridgehead atoms. The summed E-state index contributed by atoms with van der Waals surface area (Å²) in [6.07, 6.45) is 5.67. The molecule has 0 aliphatic heterocycles. The van der Waals surface area contributed by atoms with Crippen molar-refractivity contribution in [2.45, 2.75) is 31.7 Å². The monoisotopic (exact) mass is 497 g/mol. The molecule has 2 amide bonds. The first kappa shape index (κ1) is 23.9. The second-order valence-electron chi connectivity index (χ2n) is 8.59. The fourth-order valence-electron chi connectivity index (χ4n) is 3.57. The van der Waals surface area contributed by atoms with E-state index in [9.17, 15) is 13.2 Å². The first-order valence-electron chi connectivity index (χ1n) is 10.9. The van der Waals surface area contributed by atoms with Crippen LogP contribution in [0.2, 0.25) is 0 Å². The van der Waals surface area contributed by atoms with Gasteiger partial charge in [0.25, 0.3) is 0 Å². The van der Waals surface area contributed by atoms with E-state index < -0.39 is 9.84 Å². The Morgan fingerprint density at radius 1 is 1.15 bits per heavy atom. The maximum atomic E-state index is 12.3. The van der Waals surface area contributed by atoms with Crippen LogP contribution in [0.4, 0.5) is 9.93 Å². The maximum Gasteiger partial charge on any atom is 0.321 e. The first-order chi connectivity index (χ1) is 16.2. The minimum Gasteiger partial charge on any atom is -0.337 e. The zero-order valence-corrected chi connectivity index (χ0v) is 20.9. The highest BCUT2D eigenvalue weighted by molar-refractivity contribution is 7.90. The highest BCUT2D eigenvalue weighted by Gasteiger charge is 2.11. The van der Waals surface area contributed by atoms with Crippen LogP contribution < -0.4 is 10.6 Å². The number of urea groups is 1. The molecule has 0 saturated heterocycles. The highest BCUT2D eigenvalue weighted by atomic mass is 32.2. The Hall–Kier alpha value is -3.24. The van der Waals surface area contributed by atoms with Gasteiger partial charge in [-0.3, -0.25) is 5.32 Å². The lowest BCUT2D eigenvalue weighted by Gasteiger charge is -2.05. The van der Waals surface area contributed by atoms with Crippen molar-refractivity contribution in [2.75, 3.05) is 18.1 Å². The van der Waals surface area contributed by atoms with Gasteiger partial charge >= 0.3 is 6.03 Å². The number of hydrogen-bond acceptors (Lipinski definition) is 6. The molecule has 0 atom stereocenters. The zero-order chi connectivity index (χ0) is 24.3. The minimum absolute atomic E-state index is 0.278. The Morgan fingerprint density at radius 3 is 2.71 bits per heavy atom. The molecule has 4 aromatic rings. The topological polar surface area (TPSA) is 106 Å². The second kappa shape index (κ2) is 9.94. The molecule has 0 unspecified atom stereocenters. The lowest BCUT2D eigenvalue weighted by atomic mass is 10.1. The molecule has 0 radical (unpaired) electrons. The molecule has 2 aromatic carbocycles. The van der Waals surface area contributed by atoms with E-state index in [2.05, 4.69) is 39.0 Å². The van der Waals surface area contributed by atoms with Crippen molar-refractivity contribution in [1.82, 2.24) is 19.9 Å². The average molecular weight is 498 g/mol. The van der Waals surface area contributed by atoms with E-state index in [1.54, 1.807) is 18.2 Å². The molecule has 2 aromatic heterocycles. The fourth-order valence-corrected chi connectivity index (χ4v) is 5.13. The van der Waals surface area contributed by atoms with E-state index in [4.69, 9.17) is 0 Å². The molecule has 4 rings (SSSR count). The SMILES string of the molecule is CC(C)Cn1cnc(CCNC(=O)Nc2nc3ccc(-c4cccc(S(C)(=O)=O)c4)cc3s2)c1. The summed E-state index contributed by atoms with van der Waals surface area (Å²) >= 11 is 1.37. The summed E-state index contributed by atoms with van der Waals surface area (Å²) < 4.78 is 26.7. The number of imidazole rings is 1. The standard InChI is InChI=1S/C24H27N5O3S2/c1-16(2)13-29-14-19(26-15-29)9-10-25-23(30)28-24-27-21-8-7-18(12-22(21)33-24)17-5-4-6-20(11-17)34(3,31)32/h4-8,11-12,14-16H,9-10,13H2,1-3H3,(H2,25,27,28,30). The van der Waals surface area contributed by atoms with E-state index in [-0.39, 0.29) is 10.9 Å². The van der Waals surface area contributed by atoms with Gasteiger partial charge in [-0.15, -0.1) is 0 Å². The van der Waals surface area contributed by atoms with Crippen molar-refractivity contribution in [3.05, 3.63) is 60.7 Å². The van der Waals surface area contributed by atoms with Crippen LogP contribution in [0.1, 0.15) is 19.5 Å². The van der Waals surface area contributed by atoms with Crippen molar-refractivity contribution in [1.29, 1.82) is 0 Å². The summed E-state index contributed by atoms with van der Waals surface area (Å²) in [5.41, 5.74) is 3.39. The van der Waals surface area contributed by atoms with Gasteiger partial charge in [0.05, 0.1) is 27.1 Å². The number of anilines is 1. The quantitative estimate of drug-likeness (QED) is 0.371. The number of fused-ring (bicyclic) bond motifs is 1. The molecule has 178 valence electrons. The third kappa shape index (κ3) is 6.00. The van der Waals surface area contributed by atoms with Gasteiger partial charge in [-0.1, -0.05) is 43.4 Å². The largest absolute Gasteiger partial charge is 0.337 e. The number of carbonyl (C=O) groups is 1. The number of carbonyl (C=O) groups excluding carboxylic acids is 1. The predicted molar refractivity (Wildman–Crippen MR) is 136 cm³/mol. The number of thiazole rings is 1. The minimum atomic E-state index is -3.28. The lowest BCUT2D eigenvalue weighted by molar-refractivity contribution is 0.252. The number of hydrogen-bond donors (Lipinski definition) is 2. The van der Waals surface area contributed by atoms with Crippen LogP contribution in [0.3, 0.4) is 0 Å². The van der Waals surface area contributed by atoms with Crippen LogP contribution in [0.25, 0.3) is 21.3 Å². The molecule has 0 saturated carbocycles. The number of amides is 2. The molecule has 8 nitrogen and oxygen atoms in total. The summed E-state index contributed by atoms with van der Waals surface area (Å²) in [7, 11) is -3.28. The van der Waals surface area contributed by atoms with Gasteiger partial charge in [0.2, 0.25) is 0 Å². The molecule has 2 heterocycles. The van der Waals surface area contributed by atoms with E-state index in [0.717, 1.165) is 33.6 Å². The fraction of sp³-hybridized carbons (Fsp3) is 0.292. The molecule has 0 aliphatic rings. The molecule has 10 heteroatoms. The molecule has 0 spiro atoms. The highest BCUT2D eigenvalue weighted by Crippen LogP contribution is 2.31. The third-order valence-corrected chi connectivity index (χ3v) is 7.18. The summed E-state index contributed by atoms with van der Waals surface area (Å²) in [6, 6.07) is 12.2. The van der Waals surface area contributed by atoms with Crippen LogP contribution in [0.15, 0.2) is 59.9 Å². The number of nitrogens with zero attached hydrogens (tertiary/aromatic N) is 3. The Balaban J connectivity index is 1.37. The number of sulfone groups is 1. The van der Waals surface area contributed by atoms with Crippen LogP contribution >= 0.6 is 11.3 Å². The molecule has 0 aliphatic carbocycles. The van der Waals surface area contributed by atoms with Crippen molar-refractivity contribution < 1.29 is 13.2 Å². The number of nitrogens with one attached hydrogen (secondary N) is 2. The smallest absolute Gasteiger partial charge is 0.321 e.